The van der Waals surface area contributed by atoms with Crippen LogP contribution in [0.3, 0.4) is 0 Å². The summed E-state index contributed by atoms with van der Waals surface area (Å²) in [4.78, 5) is 0. The number of nitrogens with two attached hydrogens (primary N) is 1. The van der Waals surface area contributed by atoms with Crippen LogP contribution >= 0.6 is 0 Å². The summed E-state index contributed by atoms with van der Waals surface area (Å²) < 4.78 is 4.97. The fraction of sp³-hybridized carbons (Fsp3) is 0.455. The van der Waals surface area contributed by atoms with Crippen LogP contribution in [0.2, 0.25) is 0 Å². The Hall–Kier alpha value is -0.860. The van der Waals surface area contributed by atoms with Crippen LogP contribution in [0.1, 0.15) is 11.1 Å². The molecular formula is C11H17NO. The standard InChI is InChI=1S/C11H17NO/c1-9-3-5-10(6-4-9)7-11(12)8-13-2/h3-6,11H,7-8,12H2,1-2H3/t11-/m0/s1. The Kier molecular flexibility index (Phi) is 3.93. The number of hydrogen-bond donors (Lipinski definition) is 1. The van der Waals surface area contributed by atoms with E-state index in [1.165, 1.54) is 11.1 Å². The molecule has 0 fully saturated rings. The van der Waals surface area contributed by atoms with Gasteiger partial charge in [0.1, 0.15) is 0 Å². The number of ether oxygens (including phenoxy) is 1. The van der Waals surface area contributed by atoms with Gasteiger partial charge < -0.3 is 10.5 Å². The van der Waals surface area contributed by atoms with Gasteiger partial charge in [-0.05, 0) is 18.9 Å². The summed E-state index contributed by atoms with van der Waals surface area (Å²) in [5.74, 6) is 0. The van der Waals surface area contributed by atoms with E-state index in [9.17, 15) is 0 Å². The van der Waals surface area contributed by atoms with Crippen LogP contribution < -0.4 is 5.73 Å². The van der Waals surface area contributed by atoms with Crippen molar-refractivity contribution in [1.29, 1.82) is 0 Å². The summed E-state index contributed by atoms with van der Waals surface area (Å²) in [5.41, 5.74) is 8.38. The molecule has 0 spiro atoms. The lowest BCUT2D eigenvalue weighted by Gasteiger charge is -2.10. The van der Waals surface area contributed by atoms with E-state index in [-0.39, 0.29) is 6.04 Å². The van der Waals surface area contributed by atoms with E-state index in [1.807, 2.05) is 0 Å². The first-order valence-electron chi connectivity index (χ1n) is 4.52. The molecule has 2 nitrogen and oxygen atoms in total. The first kappa shape index (κ1) is 10.2. The molecule has 0 heterocycles. The molecule has 0 saturated carbocycles. The average molecular weight is 179 g/mol. The third-order valence-electron chi connectivity index (χ3n) is 2.00. The molecule has 1 aromatic rings. The number of rotatable bonds is 4. The summed E-state index contributed by atoms with van der Waals surface area (Å²) >= 11 is 0. The molecule has 0 aliphatic heterocycles. The largest absolute Gasteiger partial charge is 0.383 e. The van der Waals surface area contributed by atoms with Crippen molar-refractivity contribution in [3.05, 3.63) is 35.4 Å². The van der Waals surface area contributed by atoms with E-state index in [0.29, 0.717) is 6.61 Å². The second kappa shape index (κ2) is 5.00. The Balaban J connectivity index is 2.49. The van der Waals surface area contributed by atoms with E-state index in [1.54, 1.807) is 7.11 Å². The van der Waals surface area contributed by atoms with Crippen LogP contribution in [0.15, 0.2) is 24.3 Å². The highest BCUT2D eigenvalue weighted by Gasteiger charge is 2.02. The highest BCUT2D eigenvalue weighted by Crippen LogP contribution is 2.05. The van der Waals surface area contributed by atoms with Crippen LogP contribution in [0.4, 0.5) is 0 Å². The van der Waals surface area contributed by atoms with Crippen LogP contribution in [0, 0.1) is 6.92 Å². The molecule has 0 unspecified atom stereocenters. The fourth-order valence-electron chi connectivity index (χ4n) is 1.30. The van der Waals surface area contributed by atoms with Crippen molar-refractivity contribution >= 4 is 0 Å². The van der Waals surface area contributed by atoms with Gasteiger partial charge in [0.15, 0.2) is 0 Å². The van der Waals surface area contributed by atoms with Crippen LogP contribution in [-0.2, 0) is 11.2 Å². The predicted molar refractivity (Wildman–Crippen MR) is 54.7 cm³/mol. The topological polar surface area (TPSA) is 35.2 Å². The Morgan fingerprint density at radius 3 is 2.46 bits per heavy atom. The molecule has 0 amide bonds. The van der Waals surface area contributed by atoms with Gasteiger partial charge in [-0.25, -0.2) is 0 Å². The predicted octanol–water partition coefficient (Wildman–Crippen LogP) is 1.51. The Morgan fingerprint density at radius 1 is 1.31 bits per heavy atom. The number of benzene rings is 1. The smallest absolute Gasteiger partial charge is 0.0616 e. The van der Waals surface area contributed by atoms with Gasteiger partial charge in [-0.1, -0.05) is 29.8 Å². The van der Waals surface area contributed by atoms with Gasteiger partial charge in [-0.15, -0.1) is 0 Å². The minimum Gasteiger partial charge on any atom is -0.383 e. The van der Waals surface area contributed by atoms with Crippen molar-refractivity contribution in [2.45, 2.75) is 19.4 Å². The van der Waals surface area contributed by atoms with Crippen LogP contribution in [0.5, 0.6) is 0 Å². The molecule has 0 aliphatic carbocycles. The first-order valence-corrected chi connectivity index (χ1v) is 4.52. The summed E-state index contributed by atoms with van der Waals surface area (Å²) in [7, 11) is 1.68. The summed E-state index contributed by atoms with van der Waals surface area (Å²) in [6.07, 6.45) is 0.883. The molecule has 13 heavy (non-hydrogen) atoms. The van der Waals surface area contributed by atoms with Crippen molar-refractivity contribution < 1.29 is 4.74 Å². The Bertz CT molecular complexity index is 243. The minimum absolute atomic E-state index is 0.104. The van der Waals surface area contributed by atoms with Gasteiger partial charge in [-0.2, -0.15) is 0 Å². The Morgan fingerprint density at radius 2 is 1.92 bits per heavy atom. The molecule has 2 N–H and O–H groups in total. The molecule has 0 bridgehead atoms. The lowest BCUT2D eigenvalue weighted by molar-refractivity contribution is 0.180. The second-order valence-corrected chi connectivity index (χ2v) is 3.41. The highest BCUT2D eigenvalue weighted by atomic mass is 16.5. The lowest BCUT2D eigenvalue weighted by atomic mass is 10.1. The van der Waals surface area contributed by atoms with E-state index < -0.39 is 0 Å². The number of methoxy groups -OCH3 is 1. The van der Waals surface area contributed by atoms with Crippen molar-refractivity contribution in [3.8, 4) is 0 Å². The molecule has 0 saturated heterocycles. The van der Waals surface area contributed by atoms with Crippen molar-refractivity contribution in [1.82, 2.24) is 0 Å². The quantitative estimate of drug-likeness (QED) is 0.760. The number of aryl methyl sites for hydroxylation is 1. The monoisotopic (exact) mass is 179 g/mol. The zero-order chi connectivity index (χ0) is 9.68. The molecule has 1 aromatic carbocycles. The SMILES string of the molecule is COC[C@@H](N)Cc1ccc(C)cc1. The van der Waals surface area contributed by atoms with Gasteiger partial charge >= 0.3 is 0 Å². The third-order valence-corrected chi connectivity index (χ3v) is 2.00. The zero-order valence-corrected chi connectivity index (χ0v) is 8.29. The van der Waals surface area contributed by atoms with E-state index >= 15 is 0 Å². The fourth-order valence-corrected chi connectivity index (χ4v) is 1.30. The summed E-state index contributed by atoms with van der Waals surface area (Å²) in [6.45, 7) is 2.70. The molecular weight excluding hydrogens is 162 g/mol. The van der Waals surface area contributed by atoms with E-state index in [4.69, 9.17) is 10.5 Å². The van der Waals surface area contributed by atoms with Gasteiger partial charge in [0.05, 0.1) is 6.61 Å². The van der Waals surface area contributed by atoms with E-state index in [0.717, 1.165) is 6.42 Å². The molecule has 1 rings (SSSR count). The maximum absolute atomic E-state index is 5.83. The first-order chi connectivity index (χ1) is 6.22. The van der Waals surface area contributed by atoms with Crippen molar-refractivity contribution in [2.75, 3.05) is 13.7 Å². The molecule has 1 atom stereocenters. The normalized spacial score (nSPS) is 12.8. The van der Waals surface area contributed by atoms with Gasteiger partial charge in [-0.3, -0.25) is 0 Å². The van der Waals surface area contributed by atoms with E-state index in [2.05, 4.69) is 31.2 Å². The minimum atomic E-state index is 0.104. The average Bonchev–Trinajstić information content (AvgIpc) is 2.09. The second-order valence-electron chi connectivity index (χ2n) is 3.41. The molecule has 0 aliphatic rings. The zero-order valence-electron chi connectivity index (χ0n) is 8.29. The van der Waals surface area contributed by atoms with Gasteiger partial charge in [0, 0.05) is 13.2 Å². The number of hydrogen-bond acceptors (Lipinski definition) is 2. The third kappa shape index (κ3) is 3.57. The van der Waals surface area contributed by atoms with Crippen molar-refractivity contribution in [3.63, 3.8) is 0 Å². The molecule has 72 valence electrons. The van der Waals surface area contributed by atoms with Crippen LogP contribution in [-0.4, -0.2) is 19.8 Å². The molecule has 2 heteroatoms. The highest BCUT2D eigenvalue weighted by molar-refractivity contribution is 5.21. The van der Waals surface area contributed by atoms with Gasteiger partial charge in [0.25, 0.3) is 0 Å². The lowest BCUT2D eigenvalue weighted by Crippen LogP contribution is -2.27. The maximum Gasteiger partial charge on any atom is 0.0616 e. The van der Waals surface area contributed by atoms with Gasteiger partial charge in [0.2, 0.25) is 0 Å². The maximum atomic E-state index is 5.83. The Labute approximate surface area is 79.7 Å². The molecule has 0 aromatic heterocycles. The summed E-state index contributed by atoms with van der Waals surface area (Å²) in [5, 5.41) is 0. The van der Waals surface area contributed by atoms with Crippen molar-refractivity contribution in [2.24, 2.45) is 5.73 Å². The molecule has 0 radical (unpaired) electrons. The summed E-state index contributed by atoms with van der Waals surface area (Å²) in [6, 6.07) is 8.55. The van der Waals surface area contributed by atoms with Crippen LogP contribution in [0.25, 0.3) is 0 Å².